The first-order valence-corrected chi connectivity index (χ1v) is 9.74. The van der Waals surface area contributed by atoms with Crippen molar-refractivity contribution < 1.29 is 24.1 Å². The summed E-state index contributed by atoms with van der Waals surface area (Å²) in [4.78, 5) is 13.0. The molecule has 3 heterocycles. The first-order chi connectivity index (χ1) is 11.9. The van der Waals surface area contributed by atoms with Crippen LogP contribution in [-0.2, 0) is 19.0 Å². The molecule has 6 aliphatic rings. The molecule has 0 unspecified atom stereocenters. The van der Waals surface area contributed by atoms with Gasteiger partial charge in [-0.05, 0) is 54.9 Å². The van der Waals surface area contributed by atoms with Crippen LogP contribution < -0.4 is 0 Å². The minimum Gasteiger partial charge on any atom is -0.464 e. The lowest BCUT2D eigenvalue weighted by Gasteiger charge is -2.59. The fourth-order valence-corrected chi connectivity index (χ4v) is 7.91. The fraction of sp³-hybridized carbons (Fsp3) is 0.850. The van der Waals surface area contributed by atoms with Crippen LogP contribution >= 0.6 is 0 Å². The van der Waals surface area contributed by atoms with Crippen molar-refractivity contribution in [2.45, 2.75) is 57.5 Å². The van der Waals surface area contributed by atoms with Crippen LogP contribution in [0.3, 0.4) is 0 Å². The first-order valence-electron chi connectivity index (χ1n) is 9.74. The van der Waals surface area contributed by atoms with E-state index < -0.39 is 11.5 Å². The molecule has 4 bridgehead atoms. The summed E-state index contributed by atoms with van der Waals surface area (Å²) in [5, 5.41) is 11.1. The Hall–Kier alpha value is -0.910. The molecule has 5 heteroatoms. The molecule has 3 saturated heterocycles. The molecule has 6 rings (SSSR count). The van der Waals surface area contributed by atoms with Gasteiger partial charge in [0.2, 0.25) is 0 Å². The predicted molar refractivity (Wildman–Crippen MR) is 87.2 cm³/mol. The molecule has 2 spiro atoms. The van der Waals surface area contributed by atoms with E-state index in [1.807, 2.05) is 0 Å². The standard InChI is InChI=1S/C20H26O5/c1-10-11-3-4-12-19(7-11,15(10)21)17(22)24-9-20(12)13-5-6-18(2)8-23-16(25-13)14(18)20/h11-16,21H,1,3-9H2,2H3/t11-,12+,13+,14+,15+,16+,18-,19-,20+/m0/s1. The van der Waals surface area contributed by atoms with Crippen molar-refractivity contribution in [2.24, 2.45) is 34.0 Å². The minimum absolute atomic E-state index is 0.0727. The Morgan fingerprint density at radius 1 is 1.24 bits per heavy atom. The van der Waals surface area contributed by atoms with E-state index in [0.29, 0.717) is 13.0 Å². The molecule has 5 nitrogen and oxygen atoms in total. The summed E-state index contributed by atoms with van der Waals surface area (Å²) in [6, 6.07) is 0. The van der Waals surface area contributed by atoms with Gasteiger partial charge in [-0.1, -0.05) is 13.5 Å². The molecule has 0 radical (unpaired) electrons. The molecule has 1 N–H and O–H groups in total. The number of cyclic esters (lactones) is 1. The number of aliphatic hydroxyl groups excluding tert-OH is 1. The zero-order valence-corrected chi connectivity index (χ0v) is 14.7. The van der Waals surface area contributed by atoms with Crippen LogP contribution in [0.25, 0.3) is 0 Å². The largest absolute Gasteiger partial charge is 0.464 e. The van der Waals surface area contributed by atoms with Gasteiger partial charge in [-0.15, -0.1) is 0 Å². The summed E-state index contributed by atoms with van der Waals surface area (Å²) in [6.07, 6.45) is 3.88. The normalized spacial score (nSPS) is 61.5. The van der Waals surface area contributed by atoms with Crippen molar-refractivity contribution in [3.05, 3.63) is 12.2 Å². The van der Waals surface area contributed by atoms with Crippen LogP contribution in [0.4, 0.5) is 0 Å². The number of hydrogen-bond acceptors (Lipinski definition) is 5. The Kier molecular flexibility index (Phi) is 2.62. The Morgan fingerprint density at radius 3 is 2.92 bits per heavy atom. The van der Waals surface area contributed by atoms with Crippen LogP contribution in [0.15, 0.2) is 12.2 Å². The molecule has 136 valence electrons. The maximum atomic E-state index is 13.0. The monoisotopic (exact) mass is 346 g/mol. The van der Waals surface area contributed by atoms with Crippen molar-refractivity contribution in [1.29, 1.82) is 0 Å². The number of fused-ring (bicyclic) bond motifs is 1. The maximum Gasteiger partial charge on any atom is 0.315 e. The van der Waals surface area contributed by atoms with Crippen LogP contribution in [-0.4, -0.2) is 42.8 Å². The second kappa shape index (κ2) is 4.32. The number of aliphatic hydroxyl groups is 1. The Bertz CT molecular complexity index is 690. The van der Waals surface area contributed by atoms with E-state index in [0.717, 1.165) is 37.9 Å². The molecule has 3 saturated carbocycles. The van der Waals surface area contributed by atoms with Crippen molar-refractivity contribution in [2.75, 3.05) is 13.2 Å². The smallest absolute Gasteiger partial charge is 0.315 e. The molecular weight excluding hydrogens is 320 g/mol. The average Bonchev–Trinajstić information content (AvgIpc) is 3.12. The van der Waals surface area contributed by atoms with E-state index in [-0.39, 0.29) is 46.9 Å². The number of carbonyl (C=O) groups excluding carboxylic acids is 1. The van der Waals surface area contributed by atoms with Gasteiger partial charge in [0, 0.05) is 11.3 Å². The van der Waals surface area contributed by atoms with Crippen LogP contribution in [0.1, 0.15) is 39.0 Å². The summed E-state index contributed by atoms with van der Waals surface area (Å²) in [7, 11) is 0. The zero-order valence-electron chi connectivity index (χ0n) is 14.7. The van der Waals surface area contributed by atoms with E-state index in [9.17, 15) is 9.90 Å². The fourth-order valence-electron chi connectivity index (χ4n) is 7.91. The van der Waals surface area contributed by atoms with Gasteiger partial charge in [0.15, 0.2) is 6.29 Å². The first kappa shape index (κ1) is 15.2. The van der Waals surface area contributed by atoms with Gasteiger partial charge in [0.1, 0.15) is 12.0 Å². The third-order valence-electron chi connectivity index (χ3n) is 8.91. The summed E-state index contributed by atoms with van der Waals surface area (Å²) in [5.41, 5.74) is -0.0974. The highest BCUT2D eigenvalue weighted by atomic mass is 16.7. The SMILES string of the molecule is C=C1[C@H]2CC[C@@H]3[C@](C2)(C(=O)OC[C@@]32[C@@H]3[C@@H]4OC[C@]3(C)CC[C@H]2O4)[C@@H]1O. The van der Waals surface area contributed by atoms with E-state index in [4.69, 9.17) is 14.2 Å². The van der Waals surface area contributed by atoms with Gasteiger partial charge in [0.25, 0.3) is 0 Å². The van der Waals surface area contributed by atoms with E-state index in [1.165, 1.54) is 0 Å². The van der Waals surface area contributed by atoms with Gasteiger partial charge >= 0.3 is 5.97 Å². The summed E-state index contributed by atoms with van der Waals surface area (Å²) in [5.74, 6) is 0.404. The number of esters is 1. The number of rotatable bonds is 0. The third kappa shape index (κ3) is 1.42. The summed E-state index contributed by atoms with van der Waals surface area (Å²) in [6.45, 7) is 7.58. The highest BCUT2D eigenvalue weighted by Crippen LogP contribution is 2.73. The predicted octanol–water partition coefficient (Wildman–Crippen LogP) is 2.03. The Balaban J connectivity index is 1.54. The van der Waals surface area contributed by atoms with E-state index in [2.05, 4.69) is 13.5 Å². The van der Waals surface area contributed by atoms with Crippen LogP contribution in [0, 0.1) is 34.0 Å². The third-order valence-corrected chi connectivity index (χ3v) is 8.91. The van der Waals surface area contributed by atoms with Crippen molar-refractivity contribution >= 4 is 5.97 Å². The molecule has 9 atom stereocenters. The van der Waals surface area contributed by atoms with Gasteiger partial charge < -0.3 is 19.3 Å². The quantitative estimate of drug-likeness (QED) is 0.537. The van der Waals surface area contributed by atoms with Crippen molar-refractivity contribution in [1.82, 2.24) is 0 Å². The molecule has 0 aromatic rings. The molecule has 0 amide bonds. The highest BCUT2D eigenvalue weighted by Gasteiger charge is 2.78. The average molecular weight is 346 g/mol. The van der Waals surface area contributed by atoms with Gasteiger partial charge in [-0.2, -0.15) is 0 Å². The molecule has 0 aromatic heterocycles. The topological polar surface area (TPSA) is 65.0 Å². The summed E-state index contributed by atoms with van der Waals surface area (Å²) < 4.78 is 18.3. The van der Waals surface area contributed by atoms with Gasteiger partial charge in [-0.25, -0.2) is 0 Å². The van der Waals surface area contributed by atoms with Gasteiger partial charge in [0.05, 0.1) is 18.8 Å². The Labute approximate surface area is 147 Å². The molecule has 0 aromatic carbocycles. The molecule has 25 heavy (non-hydrogen) atoms. The number of ether oxygens (including phenoxy) is 3. The van der Waals surface area contributed by atoms with E-state index in [1.54, 1.807) is 0 Å². The van der Waals surface area contributed by atoms with Crippen molar-refractivity contribution in [3.63, 3.8) is 0 Å². The zero-order chi connectivity index (χ0) is 17.2. The minimum atomic E-state index is -0.810. The van der Waals surface area contributed by atoms with Crippen molar-refractivity contribution in [3.8, 4) is 0 Å². The second-order valence-corrected chi connectivity index (χ2v) is 9.71. The van der Waals surface area contributed by atoms with Gasteiger partial charge in [-0.3, -0.25) is 4.79 Å². The second-order valence-electron chi connectivity index (χ2n) is 9.71. The number of hydrogen-bond donors (Lipinski definition) is 1. The van der Waals surface area contributed by atoms with Crippen LogP contribution in [0.5, 0.6) is 0 Å². The summed E-state index contributed by atoms with van der Waals surface area (Å²) >= 11 is 0. The molecule has 6 fully saturated rings. The van der Waals surface area contributed by atoms with Crippen LogP contribution in [0.2, 0.25) is 0 Å². The lowest BCUT2D eigenvalue weighted by Crippen LogP contribution is -2.66. The maximum absolute atomic E-state index is 13.0. The highest BCUT2D eigenvalue weighted by molar-refractivity contribution is 5.81. The van der Waals surface area contributed by atoms with E-state index >= 15 is 0 Å². The molecular formula is C20H26O5. The Morgan fingerprint density at radius 2 is 2.08 bits per heavy atom. The lowest BCUT2D eigenvalue weighted by atomic mass is 9.45. The number of carbonyl (C=O) groups is 1. The lowest BCUT2D eigenvalue weighted by molar-refractivity contribution is -0.227. The molecule has 3 aliphatic carbocycles. The molecule has 3 aliphatic heterocycles.